The standard InChI is InChI=1S/C11H9N5S.C2H6/c1-8-13-11(7-17-8)16-6-10(14-15-16)9-3-2-4-12-5-9;1-2/h2-7H,1H3;1-2H3. The van der Waals surface area contributed by atoms with Gasteiger partial charge in [0.1, 0.15) is 5.69 Å². The summed E-state index contributed by atoms with van der Waals surface area (Å²) < 4.78 is 1.67. The molecule has 0 aliphatic carbocycles. The summed E-state index contributed by atoms with van der Waals surface area (Å²) in [6, 6.07) is 3.83. The van der Waals surface area contributed by atoms with E-state index < -0.39 is 0 Å². The van der Waals surface area contributed by atoms with Crippen LogP contribution in [0.25, 0.3) is 17.1 Å². The fourth-order valence-corrected chi connectivity index (χ4v) is 2.06. The Bertz CT molecular complexity index is 629. The van der Waals surface area contributed by atoms with Gasteiger partial charge in [0.15, 0.2) is 5.82 Å². The highest BCUT2D eigenvalue weighted by Gasteiger charge is 2.06. The molecule has 6 heteroatoms. The van der Waals surface area contributed by atoms with Gasteiger partial charge in [-0.15, -0.1) is 16.4 Å². The molecule has 5 nitrogen and oxygen atoms in total. The predicted molar refractivity (Wildman–Crippen MR) is 76.3 cm³/mol. The van der Waals surface area contributed by atoms with Crippen LogP contribution in [0.1, 0.15) is 18.9 Å². The summed E-state index contributed by atoms with van der Waals surface area (Å²) in [6.07, 6.45) is 5.35. The van der Waals surface area contributed by atoms with Crippen LogP contribution < -0.4 is 0 Å². The van der Waals surface area contributed by atoms with Gasteiger partial charge in [-0.25, -0.2) is 9.67 Å². The normalized spacial score (nSPS) is 9.84. The van der Waals surface area contributed by atoms with Crippen LogP contribution in [0.15, 0.2) is 36.1 Å². The fraction of sp³-hybridized carbons (Fsp3) is 0.231. The zero-order valence-electron chi connectivity index (χ0n) is 11.1. The van der Waals surface area contributed by atoms with Crippen molar-refractivity contribution in [3.05, 3.63) is 41.1 Å². The van der Waals surface area contributed by atoms with Gasteiger partial charge in [-0.2, -0.15) is 0 Å². The Morgan fingerprint density at radius 2 is 2.11 bits per heavy atom. The van der Waals surface area contributed by atoms with E-state index in [2.05, 4.69) is 20.3 Å². The van der Waals surface area contributed by atoms with Gasteiger partial charge in [0.25, 0.3) is 0 Å². The summed E-state index contributed by atoms with van der Waals surface area (Å²) >= 11 is 1.59. The van der Waals surface area contributed by atoms with Crippen LogP contribution in [0.2, 0.25) is 0 Å². The summed E-state index contributed by atoms with van der Waals surface area (Å²) in [4.78, 5) is 8.41. The zero-order valence-corrected chi connectivity index (χ0v) is 11.9. The van der Waals surface area contributed by atoms with E-state index >= 15 is 0 Å². The molecule has 3 aromatic heterocycles. The van der Waals surface area contributed by atoms with Gasteiger partial charge in [0.05, 0.1) is 11.2 Å². The lowest BCUT2D eigenvalue weighted by atomic mass is 10.2. The minimum absolute atomic E-state index is 0.795. The minimum Gasteiger partial charge on any atom is -0.264 e. The highest BCUT2D eigenvalue weighted by Crippen LogP contribution is 2.17. The molecule has 0 bridgehead atoms. The van der Waals surface area contributed by atoms with Crippen LogP contribution in [0.4, 0.5) is 0 Å². The van der Waals surface area contributed by atoms with E-state index in [-0.39, 0.29) is 0 Å². The first-order chi connectivity index (χ1) is 9.33. The molecule has 3 rings (SSSR count). The third-order valence-corrected chi connectivity index (χ3v) is 3.05. The molecule has 0 aromatic carbocycles. The third-order valence-electron chi connectivity index (χ3n) is 2.29. The van der Waals surface area contributed by atoms with Crippen LogP contribution in [0.3, 0.4) is 0 Å². The number of nitrogens with zero attached hydrogens (tertiary/aromatic N) is 5. The molecule has 0 saturated carbocycles. The maximum Gasteiger partial charge on any atom is 0.166 e. The lowest BCUT2D eigenvalue weighted by molar-refractivity contribution is 0.785. The van der Waals surface area contributed by atoms with Crippen molar-refractivity contribution in [2.45, 2.75) is 20.8 Å². The van der Waals surface area contributed by atoms with Crippen molar-refractivity contribution < 1.29 is 0 Å². The fourth-order valence-electron chi connectivity index (χ4n) is 1.48. The number of pyridine rings is 1. The Balaban J connectivity index is 0.000000637. The van der Waals surface area contributed by atoms with E-state index in [1.807, 2.05) is 44.5 Å². The molecule has 0 N–H and O–H groups in total. The van der Waals surface area contributed by atoms with Gasteiger partial charge < -0.3 is 0 Å². The molecule has 3 aromatic rings. The maximum absolute atomic E-state index is 4.35. The molecule has 0 saturated heterocycles. The predicted octanol–water partition coefficient (Wildman–Crippen LogP) is 3.12. The third kappa shape index (κ3) is 3.03. The molecule has 3 heterocycles. The minimum atomic E-state index is 0.795. The molecule has 0 amide bonds. The monoisotopic (exact) mass is 273 g/mol. The summed E-state index contributed by atoms with van der Waals surface area (Å²) in [5.41, 5.74) is 1.74. The average molecular weight is 273 g/mol. The maximum atomic E-state index is 4.35. The van der Waals surface area contributed by atoms with Crippen LogP contribution in [-0.4, -0.2) is 25.0 Å². The first kappa shape index (κ1) is 13.4. The first-order valence-corrected chi connectivity index (χ1v) is 6.96. The highest BCUT2D eigenvalue weighted by molar-refractivity contribution is 7.09. The van der Waals surface area contributed by atoms with Gasteiger partial charge >= 0.3 is 0 Å². The molecule has 0 radical (unpaired) electrons. The van der Waals surface area contributed by atoms with Crippen molar-refractivity contribution in [1.29, 1.82) is 0 Å². The van der Waals surface area contributed by atoms with Crippen molar-refractivity contribution in [3.8, 4) is 17.1 Å². The molecule has 0 atom stereocenters. The van der Waals surface area contributed by atoms with E-state index in [4.69, 9.17) is 0 Å². The van der Waals surface area contributed by atoms with Gasteiger partial charge in [-0.1, -0.05) is 19.1 Å². The van der Waals surface area contributed by atoms with Crippen molar-refractivity contribution in [2.24, 2.45) is 0 Å². The van der Waals surface area contributed by atoms with E-state index in [1.54, 1.807) is 28.4 Å². The summed E-state index contributed by atoms with van der Waals surface area (Å²) in [5.74, 6) is 0.801. The number of aryl methyl sites for hydroxylation is 1. The summed E-state index contributed by atoms with van der Waals surface area (Å²) in [5, 5.41) is 11.1. The van der Waals surface area contributed by atoms with Crippen LogP contribution in [-0.2, 0) is 0 Å². The number of thiazole rings is 1. The highest BCUT2D eigenvalue weighted by atomic mass is 32.1. The summed E-state index contributed by atoms with van der Waals surface area (Å²) in [7, 11) is 0. The quantitative estimate of drug-likeness (QED) is 0.720. The molecule has 0 unspecified atom stereocenters. The Kier molecular flexibility index (Phi) is 4.35. The average Bonchev–Trinajstić information content (AvgIpc) is 3.10. The first-order valence-electron chi connectivity index (χ1n) is 6.08. The lowest BCUT2D eigenvalue weighted by Crippen LogP contribution is -1.94. The van der Waals surface area contributed by atoms with E-state index in [9.17, 15) is 0 Å². The molecule has 98 valence electrons. The number of aromatic nitrogens is 5. The number of rotatable bonds is 2. The Morgan fingerprint density at radius 3 is 2.74 bits per heavy atom. The topological polar surface area (TPSA) is 56.5 Å². The van der Waals surface area contributed by atoms with Crippen LogP contribution >= 0.6 is 11.3 Å². The van der Waals surface area contributed by atoms with E-state index in [1.165, 1.54) is 0 Å². The van der Waals surface area contributed by atoms with Crippen molar-refractivity contribution >= 4 is 11.3 Å². The smallest absolute Gasteiger partial charge is 0.166 e. The van der Waals surface area contributed by atoms with Crippen LogP contribution in [0.5, 0.6) is 0 Å². The largest absolute Gasteiger partial charge is 0.264 e. The van der Waals surface area contributed by atoms with Gasteiger partial charge in [-0.3, -0.25) is 4.98 Å². The molecular weight excluding hydrogens is 258 g/mol. The molecule has 0 fully saturated rings. The van der Waals surface area contributed by atoms with Crippen molar-refractivity contribution in [1.82, 2.24) is 25.0 Å². The number of hydrogen-bond acceptors (Lipinski definition) is 5. The van der Waals surface area contributed by atoms with Gasteiger partial charge in [0.2, 0.25) is 0 Å². The van der Waals surface area contributed by atoms with Gasteiger partial charge in [-0.05, 0) is 19.1 Å². The Labute approximate surface area is 116 Å². The Morgan fingerprint density at radius 1 is 1.26 bits per heavy atom. The number of hydrogen-bond donors (Lipinski definition) is 0. The van der Waals surface area contributed by atoms with E-state index in [0.29, 0.717) is 0 Å². The second kappa shape index (κ2) is 6.19. The molecule has 0 aliphatic heterocycles. The van der Waals surface area contributed by atoms with Crippen molar-refractivity contribution in [3.63, 3.8) is 0 Å². The van der Waals surface area contributed by atoms with Crippen LogP contribution in [0, 0.1) is 6.92 Å². The van der Waals surface area contributed by atoms with Gasteiger partial charge in [0, 0.05) is 23.3 Å². The SMILES string of the molecule is CC.Cc1nc(-n2cc(-c3cccnc3)nn2)cs1. The second-order valence-electron chi connectivity index (χ2n) is 3.51. The Hall–Kier alpha value is -2.08. The molecule has 19 heavy (non-hydrogen) atoms. The summed E-state index contributed by atoms with van der Waals surface area (Å²) in [6.45, 7) is 5.97. The second-order valence-corrected chi connectivity index (χ2v) is 4.58. The van der Waals surface area contributed by atoms with E-state index in [0.717, 1.165) is 22.1 Å². The van der Waals surface area contributed by atoms with Crippen molar-refractivity contribution in [2.75, 3.05) is 0 Å². The lowest BCUT2D eigenvalue weighted by Gasteiger charge is -1.92. The molecule has 0 spiro atoms. The molecule has 0 aliphatic rings. The zero-order chi connectivity index (χ0) is 13.7. The molecular formula is C13H15N5S.